The molecule has 24 rings (SSSR count). The van der Waals surface area contributed by atoms with Gasteiger partial charge in [-0.25, -0.2) is 0 Å². The van der Waals surface area contributed by atoms with Crippen LogP contribution in [-0.4, -0.2) is 0 Å². The minimum absolute atomic E-state index is 0.0994. The molecule has 0 spiro atoms. The molecule has 0 N–H and O–H groups in total. The van der Waals surface area contributed by atoms with Crippen molar-refractivity contribution in [1.29, 1.82) is 0 Å². The van der Waals surface area contributed by atoms with Gasteiger partial charge in [-0.1, -0.05) is 380 Å². The molecule has 0 unspecified atom stereocenters. The van der Waals surface area contributed by atoms with E-state index >= 15 is 0 Å². The van der Waals surface area contributed by atoms with Gasteiger partial charge in [0, 0.05) is 87.4 Å². The van der Waals surface area contributed by atoms with E-state index in [1.807, 2.05) is 0 Å². The van der Waals surface area contributed by atoms with Crippen molar-refractivity contribution in [2.75, 3.05) is 19.6 Å². The van der Waals surface area contributed by atoms with Crippen molar-refractivity contribution in [2.45, 2.75) is 202 Å². The Morgan fingerprint density at radius 2 is 0.377 bits per heavy atom. The van der Waals surface area contributed by atoms with Crippen LogP contribution < -0.4 is 19.6 Å². The van der Waals surface area contributed by atoms with Crippen molar-refractivity contribution >= 4 is 221 Å². The van der Waals surface area contributed by atoms with Crippen LogP contribution in [0.2, 0.25) is 0 Å². The van der Waals surface area contributed by atoms with E-state index in [9.17, 15) is 0 Å². The molecule has 0 radical (unpaired) electrons. The molecule has 0 bridgehead atoms. The highest BCUT2D eigenvalue weighted by Crippen LogP contribution is 2.58. The van der Waals surface area contributed by atoms with E-state index in [1.165, 1.54) is 120 Å². The van der Waals surface area contributed by atoms with Gasteiger partial charge in [-0.15, -0.1) is 0 Å². The minimum Gasteiger partial charge on any atom is -0.454 e. The van der Waals surface area contributed by atoms with Crippen LogP contribution in [0.5, 0.6) is 0 Å². The molecule has 4 heterocycles. The SMILES string of the molecule is CC(C)c1cc(N(c2ccccc2)c2cccc3c2oc2c(CC(C)(C)C)cccc23)c2ccc3c(C(C)C)cc(N(c4ccccc4)c4cccc5c4oc4c(CC(C)(C)C)cccc45)c4ccc1c2c34.Cc1ccc(N(c2cc(C(C)C)c3ccc4c(N(c5ccc(C)cc5)c5cccc6c5oc5c(CC(C)(C)C)cccc56)cc(C(C)C)c5ccc2c3c54)c2cccc3c2oc2c(CC(C)(C)C)cccc23)cc1. The maximum atomic E-state index is 7.21. The summed E-state index contributed by atoms with van der Waals surface area (Å²) in [4.78, 5) is 9.88. The first-order chi connectivity index (χ1) is 70.0. The van der Waals surface area contributed by atoms with Gasteiger partial charge in [0.05, 0.1) is 45.5 Å². The molecule has 0 aliphatic carbocycles. The third-order valence-electron chi connectivity index (χ3n) is 30.1. The Hall–Kier alpha value is -15.1. The second-order valence-corrected chi connectivity index (χ2v) is 47.5. The summed E-state index contributed by atoms with van der Waals surface area (Å²) < 4.78 is 28.8. The highest BCUT2D eigenvalue weighted by Gasteiger charge is 2.35. The Balaban J connectivity index is 0.000000161. The predicted molar refractivity (Wildman–Crippen MR) is 627 cm³/mol. The van der Waals surface area contributed by atoms with Crippen molar-refractivity contribution in [2.24, 2.45) is 21.7 Å². The van der Waals surface area contributed by atoms with Crippen LogP contribution in [0, 0.1) is 35.5 Å². The fourth-order valence-corrected chi connectivity index (χ4v) is 23.8. The Bertz CT molecular complexity index is 8660. The summed E-state index contributed by atoms with van der Waals surface area (Å²) in [5.41, 5.74) is 33.4. The second-order valence-electron chi connectivity index (χ2n) is 47.5. The molecule has 0 atom stereocenters. The van der Waals surface area contributed by atoms with Gasteiger partial charge in [0.1, 0.15) is 22.3 Å². The van der Waals surface area contributed by atoms with Crippen molar-refractivity contribution in [3.8, 4) is 0 Å². The summed E-state index contributed by atoms with van der Waals surface area (Å²) in [6.45, 7) is 50.7. The lowest BCUT2D eigenvalue weighted by Gasteiger charge is -2.31. The molecule has 146 heavy (non-hydrogen) atoms. The lowest BCUT2D eigenvalue weighted by atomic mass is 9.84. The minimum atomic E-state index is 0.0994. The van der Waals surface area contributed by atoms with Crippen LogP contribution in [0.3, 0.4) is 0 Å². The van der Waals surface area contributed by atoms with Gasteiger partial charge in [-0.2, -0.15) is 0 Å². The zero-order valence-corrected chi connectivity index (χ0v) is 88.7. The Kier molecular flexibility index (Phi) is 23.3. The van der Waals surface area contributed by atoms with Gasteiger partial charge in [-0.05, 0) is 270 Å². The molecule has 24 aromatic rings. The third-order valence-corrected chi connectivity index (χ3v) is 30.1. The molecular weight excluding hydrogens is 1780 g/mol. The van der Waals surface area contributed by atoms with Crippen LogP contribution in [-0.2, 0) is 25.7 Å². The molecule has 0 aliphatic heterocycles. The summed E-state index contributed by atoms with van der Waals surface area (Å²) in [5.74, 6) is 0.961. The zero-order chi connectivity index (χ0) is 101. The predicted octanol–water partition coefficient (Wildman–Crippen LogP) is 42.1. The number of nitrogens with zero attached hydrogens (tertiary/aromatic N) is 4. The molecule has 0 fully saturated rings. The van der Waals surface area contributed by atoms with Gasteiger partial charge in [0.2, 0.25) is 0 Å². The molecule has 8 heteroatoms. The number of rotatable bonds is 20. The lowest BCUT2D eigenvalue weighted by molar-refractivity contribution is 0.410. The number of aryl methyl sites for hydroxylation is 2. The van der Waals surface area contributed by atoms with Gasteiger partial charge in [0.25, 0.3) is 0 Å². The second kappa shape index (κ2) is 36.0. The standard InChI is InChI=1S/C70H68N2O2.C68H64N2O2/c1-41(2)57-37-61(71(47-29-25-43(5)26-30-47)59-23-15-21-53-51-19-13-17-45(39-69(7,8)9)65(51)73-67(53)59)55-36-34-50-58(42(3)4)38-62(56-35-33-49(57)63(55)64(50)56)72(48-31-27-44(6)28-32-48)60-24-16-22-54-52-20-14-18-46(40-70(10,11)12)66(52)74-68(54)60;1-41(2)55-37-59(69(45-23-13-11-14-24-45)57-31-19-29-51-49-27-17-21-43(39-67(5,6)7)63(49)71-65(51)57)53-36-34-48-56(42(3)4)38-60(54-35-33-47(55)61(53)62(48)54)70(46-25-15-12-16-26-46)58-32-20-30-52-50-28-18-22-44(40-68(8,9)10)64(50)72-66(52)58/h13-38,41-42H,39-40H2,1-12H3;11-38,41-42H,39-40H2,1-10H3. The summed E-state index contributed by atoms with van der Waals surface area (Å²) in [6.07, 6.45) is 3.67. The largest absolute Gasteiger partial charge is 0.454 e. The summed E-state index contributed by atoms with van der Waals surface area (Å²) in [5, 5.41) is 24.2. The van der Waals surface area contributed by atoms with Gasteiger partial charge < -0.3 is 37.3 Å². The van der Waals surface area contributed by atoms with Crippen LogP contribution in [0.25, 0.3) is 152 Å². The number of hydrogen-bond acceptors (Lipinski definition) is 8. The molecule has 0 amide bonds. The van der Waals surface area contributed by atoms with E-state index in [2.05, 4.69) is 500 Å². The topological polar surface area (TPSA) is 65.5 Å². The van der Waals surface area contributed by atoms with Crippen molar-refractivity contribution in [1.82, 2.24) is 0 Å². The molecule has 728 valence electrons. The Morgan fingerprint density at radius 1 is 0.185 bits per heavy atom. The number of furan rings is 4. The fraction of sp³-hybridized carbons (Fsp3) is 0.246. The fourth-order valence-electron chi connectivity index (χ4n) is 23.8. The third kappa shape index (κ3) is 16.5. The number of hydrogen-bond donors (Lipinski definition) is 0. The summed E-state index contributed by atoms with van der Waals surface area (Å²) >= 11 is 0. The van der Waals surface area contributed by atoms with Gasteiger partial charge in [-0.3, -0.25) is 0 Å². The number of anilines is 12. The Labute approximate surface area is 858 Å². The lowest BCUT2D eigenvalue weighted by Crippen LogP contribution is -2.13. The summed E-state index contributed by atoms with van der Waals surface area (Å²) in [7, 11) is 0. The highest BCUT2D eigenvalue weighted by molar-refractivity contribution is 6.33. The first-order valence-electron chi connectivity index (χ1n) is 52.8. The first kappa shape index (κ1) is 94.5. The average molecular weight is 1910 g/mol. The highest BCUT2D eigenvalue weighted by atomic mass is 16.3. The van der Waals surface area contributed by atoms with E-state index < -0.39 is 0 Å². The van der Waals surface area contributed by atoms with Crippen LogP contribution in [0.15, 0.2) is 345 Å². The van der Waals surface area contributed by atoms with E-state index in [4.69, 9.17) is 17.7 Å². The van der Waals surface area contributed by atoms with Crippen molar-refractivity contribution in [3.63, 3.8) is 0 Å². The molecule has 0 aliphatic rings. The normalized spacial score (nSPS) is 12.7. The maximum Gasteiger partial charge on any atom is 0.159 e. The van der Waals surface area contributed by atoms with Crippen molar-refractivity contribution < 1.29 is 17.7 Å². The molecular formula is C138H132N4O4. The van der Waals surface area contributed by atoms with Crippen molar-refractivity contribution in [3.05, 3.63) is 383 Å². The molecule has 0 saturated carbocycles. The van der Waals surface area contributed by atoms with Gasteiger partial charge in [0.15, 0.2) is 22.3 Å². The summed E-state index contributed by atoms with van der Waals surface area (Å²) in [6, 6.07) is 122. The Morgan fingerprint density at radius 3 is 0.582 bits per heavy atom. The quantitative estimate of drug-likeness (QED) is 0.0700. The number of para-hydroxylation sites is 10. The smallest absolute Gasteiger partial charge is 0.159 e. The maximum absolute atomic E-state index is 7.21. The van der Waals surface area contributed by atoms with Crippen LogP contribution in [0.4, 0.5) is 68.2 Å². The monoisotopic (exact) mass is 1910 g/mol. The molecule has 20 aromatic carbocycles. The molecule has 4 aromatic heterocycles. The molecule has 8 nitrogen and oxygen atoms in total. The van der Waals surface area contributed by atoms with E-state index in [-0.39, 0.29) is 45.3 Å². The first-order valence-corrected chi connectivity index (χ1v) is 52.8. The van der Waals surface area contributed by atoms with E-state index in [0.29, 0.717) is 0 Å². The van der Waals surface area contributed by atoms with Crippen LogP contribution >= 0.6 is 0 Å². The zero-order valence-electron chi connectivity index (χ0n) is 88.7. The average Bonchev–Trinajstić information content (AvgIpc) is 0.787. The van der Waals surface area contributed by atoms with E-state index in [1.54, 1.807) is 0 Å². The van der Waals surface area contributed by atoms with E-state index in [0.717, 1.165) is 182 Å². The number of fused-ring (bicyclic) bond motifs is 12. The number of benzene rings is 20. The molecule has 0 saturated heterocycles. The van der Waals surface area contributed by atoms with Gasteiger partial charge >= 0.3 is 0 Å². The van der Waals surface area contributed by atoms with Crippen LogP contribution in [0.1, 0.15) is 218 Å².